The van der Waals surface area contributed by atoms with Crippen molar-refractivity contribution >= 4 is 27.5 Å². The molecular formula is C21H22N2O3S. The number of rotatable bonds is 3. The predicted molar refractivity (Wildman–Crippen MR) is 107 cm³/mol. The van der Waals surface area contributed by atoms with Crippen molar-refractivity contribution in [3.05, 3.63) is 42.0 Å². The first-order valence-electron chi connectivity index (χ1n) is 9.13. The number of phenolic OH excluding ortho intramolecular Hbond substituents is 1. The highest BCUT2D eigenvalue weighted by Gasteiger charge is 2.23. The monoisotopic (exact) mass is 382 g/mol. The second-order valence-corrected chi connectivity index (χ2v) is 8.26. The number of benzene rings is 2. The molecule has 1 aromatic heterocycles. The lowest BCUT2D eigenvalue weighted by atomic mass is 10.1. The molecule has 1 N–H and O–H groups in total. The lowest BCUT2D eigenvalue weighted by Gasteiger charge is -2.21. The van der Waals surface area contributed by atoms with Gasteiger partial charge in [0.1, 0.15) is 11.6 Å². The molecule has 140 valence electrons. The van der Waals surface area contributed by atoms with Crippen LogP contribution in [0.3, 0.4) is 0 Å². The van der Waals surface area contributed by atoms with Crippen LogP contribution in [0, 0.1) is 5.92 Å². The minimum Gasteiger partial charge on any atom is -0.504 e. The zero-order chi connectivity index (χ0) is 19.0. The zero-order valence-electron chi connectivity index (χ0n) is 15.4. The van der Waals surface area contributed by atoms with Gasteiger partial charge in [-0.1, -0.05) is 26.0 Å². The fourth-order valence-corrected chi connectivity index (χ4v) is 4.26. The Kier molecular flexibility index (Phi) is 4.74. The minimum atomic E-state index is 0.0971. The van der Waals surface area contributed by atoms with Gasteiger partial charge in [0.05, 0.1) is 16.8 Å². The van der Waals surface area contributed by atoms with Crippen LogP contribution in [0.25, 0.3) is 20.8 Å². The zero-order valence-corrected chi connectivity index (χ0v) is 16.3. The normalized spacial score (nSPS) is 14.1. The van der Waals surface area contributed by atoms with Gasteiger partial charge in [0.15, 0.2) is 11.5 Å². The Morgan fingerprint density at radius 1 is 1.33 bits per heavy atom. The van der Waals surface area contributed by atoms with Crippen molar-refractivity contribution in [3.63, 3.8) is 0 Å². The fraction of sp³-hybridized carbons (Fsp3) is 0.333. The Hall–Kier alpha value is -2.60. The Morgan fingerprint density at radius 2 is 2.15 bits per heavy atom. The summed E-state index contributed by atoms with van der Waals surface area (Å²) >= 11 is 1.59. The van der Waals surface area contributed by atoms with Crippen LogP contribution in [0.15, 0.2) is 36.4 Å². The number of fused-ring (bicyclic) bond motifs is 2. The van der Waals surface area contributed by atoms with E-state index in [0.29, 0.717) is 37.8 Å². The first-order valence-corrected chi connectivity index (χ1v) is 9.95. The smallest absolute Gasteiger partial charge is 0.223 e. The molecule has 5 nitrogen and oxygen atoms in total. The summed E-state index contributed by atoms with van der Waals surface area (Å²) in [6.07, 6.45) is 0.513. The largest absolute Gasteiger partial charge is 0.504 e. The summed E-state index contributed by atoms with van der Waals surface area (Å²) < 4.78 is 6.86. The molecule has 2 aromatic carbocycles. The molecule has 0 fully saturated rings. The van der Waals surface area contributed by atoms with Crippen molar-refractivity contribution in [2.45, 2.75) is 26.8 Å². The predicted octanol–water partition coefficient (Wildman–Crippen LogP) is 4.44. The van der Waals surface area contributed by atoms with Crippen LogP contribution in [0.2, 0.25) is 0 Å². The topological polar surface area (TPSA) is 62.7 Å². The van der Waals surface area contributed by atoms with Gasteiger partial charge in [-0.2, -0.15) is 0 Å². The number of nitrogens with zero attached hydrogens (tertiary/aromatic N) is 2. The number of phenols is 1. The van der Waals surface area contributed by atoms with Crippen molar-refractivity contribution in [3.8, 4) is 22.1 Å². The van der Waals surface area contributed by atoms with Crippen molar-refractivity contribution in [2.24, 2.45) is 5.92 Å². The molecule has 0 saturated heterocycles. The van der Waals surface area contributed by atoms with Gasteiger partial charge in [-0.05, 0) is 30.2 Å². The Morgan fingerprint density at radius 3 is 2.93 bits per heavy atom. The Bertz CT molecular complexity index is 963. The molecule has 6 heteroatoms. The van der Waals surface area contributed by atoms with Crippen LogP contribution in [0.4, 0.5) is 0 Å². The van der Waals surface area contributed by atoms with E-state index in [4.69, 9.17) is 4.74 Å². The number of carbonyl (C=O) groups is 1. The Labute approximate surface area is 162 Å². The number of aromatic hydroxyl groups is 1. The summed E-state index contributed by atoms with van der Waals surface area (Å²) in [5.74, 6) is 0.995. The number of hydrogen-bond donors (Lipinski definition) is 1. The fourth-order valence-electron chi connectivity index (χ4n) is 3.31. The van der Waals surface area contributed by atoms with Crippen molar-refractivity contribution in [1.29, 1.82) is 0 Å². The standard InChI is InChI=1S/C21H22N2O3S/c1-13(2)9-19(25)23-7-8-26-20-15(12-23)10-14(11-17(20)24)21-22-16-5-3-4-6-18(16)27-21/h3-6,10-11,13,24H,7-9,12H2,1-2H3. The number of thiazole rings is 1. The molecule has 0 radical (unpaired) electrons. The summed E-state index contributed by atoms with van der Waals surface area (Å²) in [4.78, 5) is 19.0. The first-order chi connectivity index (χ1) is 13.0. The average molecular weight is 382 g/mol. The molecule has 3 aromatic rings. The number of carbonyl (C=O) groups excluding carboxylic acids is 1. The maximum Gasteiger partial charge on any atom is 0.223 e. The quantitative estimate of drug-likeness (QED) is 0.728. The van der Waals surface area contributed by atoms with Gasteiger partial charge in [-0.15, -0.1) is 11.3 Å². The van der Waals surface area contributed by atoms with Crippen LogP contribution < -0.4 is 4.74 Å². The molecule has 0 saturated carbocycles. The van der Waals surface area contributed by atoms with Gasteiger partial charge < -0.3 is 14.7 Å². The van der Waals surface area contributed by atoms with E-state index in [-0.39, 0.29) is 11.7 Å². The van der Waals surface area contributed by atoms with E-state index >= 15 is 0 Å². The molecule has 1 aliphatic heterocycles. The summed E-state index contributed by atoms with van der Waals surface area (Å²) in [6.45, 7) is 5.42. The number of aromatic nitrogens is 1. The molecule has 1 aliphatic rings. The summed E-state index contributed by atoms with van der Waals surface area (Å²) in [6, 6.07) is 11.6. The highest BCUT2D eigenvalue weighted by molar-refractivity contribution is 7.21. The van der Waals surface area contributed by atoms with Gasteiger partial charge in [-0.25, -0.2) is 4.98 Å². The number of para-hydroxylation sites is 1. The number of hydrogen-bond acceptors (Lipinski definition) is 5. The number of ether oxygens (including phenoxy) is 1. The second-order valence-electron chi connectivity index (χ2n) is 7.23. The van der Waals surface area contributed by atoms with Crippen LogP contribution in [-0.4, -0.2) is 34.0 Å². The molecule has 27 heavy (non-hydrogen) atoms. The molecule has 1 amide bonds. The van der Waals surface area contributed by atoms with Crippen molar-refractivity contribution < 1.29 is 14.6 Å². The third-order valence-corrected chi connectivity index (χ3v) is 5.68. The van der Waals surface area contributed by atoms with Gasteiger partial charge in [0, 0.05) is 24.1 Å². The number of amides is 1. The van der Waals surface area contributed by atoms with Crippen LogP contribution in [-0.2, 0) is 11.3 Å². The van der Waals surface area contributed by atoms with Crippen molar-refractivity contribution in [1.82, 2.24) is 9.88 Å². The maximum absolute atomic E-state index is 12.5. The molecule has 0 unspecified atom stereocenters. The average Bonchev–Trinajstić information content (AvgIpc) is 2.93. The first kappa shape index (κ1) is 17.8. The summed E-state index contributed by atoms with van der Waals surface area (Å²) in [5.41, 5.74) is 2.60. The Balaban J connectivity index is 1.70. The van der Waals surface area contributed by atoms with Gasteiger partial charge in [0.2, 0.25) is 5.91 Å². The highest BCUT2D eigenvalue weighted by atomic mass is 32.1. The summed E-state index contributed by atoms with van der Waals surface area (Å²) in [5, 5.41) is 11.4. The van der Waals surface area contributed by atoms with Crippen LogP contribution in [0.5, 0.6) is 11.5 Å². The van der Waals surface area contributed by atoms with E-state index in [1.54, 1.807) is 17.4 Å². The van der Waals surface area contributed by atoms with Crippen LogP contribution >= 0.6 is 11.3 Å². The van der Waals surface area contributed by atoms with E-state index in [9.17, 15) is 9.90 Å². The van der Waals surface area contributed by atoms with E-state index in [0.717, 1.165) is 26.4 Å². The van der Waals surface area contributed by atoms with E-state index < -0.39 is 0 Å². The highest BCUT2D eigenvalue weighted by Crippen LogP contribution is 2.39. The lowest BCUT2D eigenvalue weighted by molar-refractivity contribution is -0.132. The molecule has 2 heterocycles. The molecular weight excluding hydrogens is 360 g/mol. The molecule has 0 aliphatic carbocycles. The SMILES string of the molecule is CC(C)CC(=O)N1CCOc2c(O)cc(-c3nc4ccccc4s3)cc2C1. The van der Waals surface area contributed by atoms with E-state index in [1.807, 2.05) is 49.1 Å². The summed E-state index contributed by atoms with van der Waals surface area (Å²) in [7, 11) is 0. The molecule has 0 bridgehead atoms. The maximum atomic E-state index is 12.5. The minimum absolute atomic E-state index is 0.0971. The molecule has 0 spiro atoms. The molecule has 4 rings (SSSR count). The van der Waals surface area contributed by atoms with E-state index in [2.05, 4.69) is 4.98 Å². The third kappa shape index (κ3) is 3.62. The van der Waals surface area contributed by atoms with Gasteiger partial charge >= 0.3 is 0 Å². The van der Waals surface area contributed by atoms with Crippen molar-refractivity contribution in [2.75, 3.05) is 13.2 Å². The van der Waals surface area contributed by atoms with Gasteiger partial charge in [0.25, 0.3) is 0 Å². The van der Waals surface area contributed by atoms with E-state index in [1.165, 1.54) is 0 Å². The lowest BCUT2D eigenvalue weighted by Crippen LogP contribution is -2.33. The third-order valence-electron chi connectivity index (χ3n) is 4.59. The second kappa shape index (κ2) is 7.19. The van der Waals surface area contributed by atoms with Gasteiger partial charge in [-0.3, -0.25) is 4.79 Å². The molecule has 0 atom stereocenters. The van der Waals surface area contributed by atoms with Crippen LogP contribution in [0.1, 0.15) is 25.8 Å².